The number of nitrogens with one attached hydrogen (secondary N) is 1. The van der Waals surface area contributed by atoms with E-state index in [1.807, 2.05) is 0 Å². The molecule has 3 aliphatic carbocycles. The average molecular weight is 209 g/mol. The van der Waals surface area contributed by atoms with Gasteiger partial charge in [0.05, 0.1) is 6.61 Å². The van der Waals surface area contributed by atoms with Crippen LogP contribution in [0.4, 0.5) is 0 Å². The molecular weight excluding hydrogens is 186 g/mol. The first-order valence-corrected chi connectivity index (χ1v) is 6.67. The van der Waals surface area contributed by atoms with Crippen LogP contribution in [-0.2, 0) is 0 Å². The van der Waals surface area contributed by atoms with Crippen molar-refractivity contribution in [1.29, 1.82) is 0 Å². The summed E-state index contributed by atoms with van der Waals surface area (Å²) in [6, 6.07) is 0.729. The highest BCUT2D eigenvalue weighted by Gasteiger charge is 2.52. The highest BCUT2D eigenvalue weighted by Crippen LogP contribution is 2.53. The smallest absolute Gasteiger partial charge is 0.0613 e. The van der Waals surface area contributed by atoms with Crippen molar-refractivity contribution >= 4 is 0 Å². The third kappa shape index (κ3) is 1.62. The molecule has 3 fully saturated rings. The molecule has 0 heterocycles. The van der Waals surface area contributed by atoms with Gasteiger partial charge in [0.2, 0.25) is 0 Å². The molecule has 3 saturated carbocycles. The fraction of sp³-hybridized carbons (Fsp3) is 1.00. The average Bonchev–Trinajstić information content (AvgIpc) is 3.07. The first kappa shape index (κ1) is 10.1. The molecule has 0 aromatic carbocycles. The van der Waals surface area contributed by atoms with Crippen LogP contribution in [0.15, 0.2) is 0 Å². The van der Waals surface area contributed by atoms with Crippen LogP contribution in [0, 0.1) is 5.41 Å². The summed E-state index contributed by atoms with van der Waals surface area (Å²) in [7, 11) is 0. The maximum absolute atomic E-state index is 9.35. The van der Waals surface area contributed by atoms with Crippen LogP contribution in [-0.4, -0.2) is 23.3 Å². The third-order valence-corrected chi connectivity index (χ3v) is 5.16. The van der Waals surface area contributed by atoms with Gasteiger partial charge in [-0.1, -0.05) is 19.3 Å². The summed E-state index contributed by atoms with van der Waals surface area (Å²) in [5.74, 6) is 0. The van der Waals surface area contributed by atoms with Gasteiger partial charge in [-0.3, -0.25) is 0 Å². The lowest BCUT2D eigenvalue weighted by atomic mass is 9.57. The molecular formula is C13H23NO. The fourth-order valence-electron chi connectivity index (χ4n) is 3.65. The predicted octanol–water partition coefficient (Wildman–Crippen LogP) is 2.21. The Kier molecular flexibility index (Phi) is 2.33. The molecule has 1 atom stereocenters. The van der Waals surface area contributed by atoms with Crippen LogP contribution >= 0.6 is 0 Å². The van der Waals surface area contributed by atoms with Crippen molar-refractivity contribution in [3.05, 3.63) is 0 Å². The van der Waals surface area contributed by atoms with Crippen molar-refractivity contribution in [3.63, 3.8) is 0 Å². The summed E-state index contributed by atoms with van der Waals surface area (Å²) in [4.78, 5) is 0. The predicted molar refractivity (Wildman–Crippen MR) is 60.7 cm³/mol. The zero-order chi connectivity index (χ0) is 10.4. The minimum atomic E-state index is 0.148. The Morgan fingerprint density at radius 1 is 1.00 bits per heavy atom. The Balaban J connectivity index is 1.62. The molecule has 0 aliphatic heterocycles. The third-order valence-electron chi connectivity index (χ3n) is 5.16. The van der Waals surface area contributed by atoms with Crippen LogP contribution in [0.3, 0.4) is 0 Å². The summed E-state index contributed by atoms with van der Waals surface area (Å²) >= 11 is 0. The summed E-state index contributed by atoms with van der Waals surface area (Å²) in [6.07, 6.45) is 12.4. The molecule has 0 aromatic heterocycles. The van der Waals surface area contributed by atoms with Crippen LogP contribution in [0.2, 0.25) is 0 Å². The van der Waals surface area contributed by atoms with E-state index in [4.69, 9.17) is 0 Å². The summed E-state index contributed by atoms with van der Waals surface area (Å²) in [6.45, 7) is 0.347. The molecule has 1 spiro atoms. The number of hydrogen-bond donors (Lipinski definition) is 2. The highest BCUT2D eigenvalue weighted by molar-refractivity contribution is 5.10. The molecule has 0 aromatic rings. The molecule has 2 nitrogen and oxygen atoms in total. The second-order valence-corrected chi connectivity index (χ2v) is 6.10. The van der Waals surface area contributed by atoms with Gasteiger partial charge in [0.25, 0.3) is 0 Å². The Bertz CT molecular complexity index is 241. The minimum Gasteiger partial charge on any atom is -0.394 e. The maximum atomic E-state index is 9.35. The van der Waals surface area contributed by atoms with E-state index < -0.39 is 0 Å². The Hall–Kier alpha value is -0.0800. The summed E-state index contributed by atoms with van der Waals surface area (Å²) < 4.78 is 0. The molecule has 2 heteroatoms. The van der Waals surface area contributed by atoms with Crippen LogP contribution in [0.1, 0.15) is 57.8 Å². The van der Waals surface area contributed by atoms with E-state index in [1.165, 1.54) is 57.8 Å². The van der Waals surface area contributed by atoms with Crippen LogP contribution in [0.25, 0.3) is 0 Å². The number of aliphatic hydroxyl groups is 1. The normalized spacial score (nSPS) is 36.2. The molecule has 0 bridgehead atoms. The van der Waals surface area contributed by atoms with Gasteiger partial charge in [0.1, 0.15) is 0 Å². The molecule has 3 rings (SSSR count). The van der Waals surface area contributed by atoms with Crippen LogP contribution < -0.4 is 5.32 Å². The quantitative estimate of drug-likeness (QED) is 0.747. The van der Waals surface area contributed by atoms with Gasteiger partial charge in [-0.15, -0.1) is 0 Å². The minimum absolute atomic E-state index is 0.148. The highest BCUT2D eigenvalue weighted by atomic mass is 16.3. The van der Waals surface area contributed by atoms with E-state index in [0.717, 1.165) is 6.04 Å². The van der Waals surface area contributed by atoms with Gasteiger partial charge in [0.15, 0.2) is 0 Å². The summed E-state index contributed by atoms with van der Waals surface area (Å²) in [5.41, 5.74) is 0.790. The molecule has 86 valence electrons. The second kappa shape index (κ2) is 3.46. The first-order chi connectivity index (χ1) is 7.29. The fourth-order valence-corrected chi connectivity index (χ4v) is 3.65. The lowest BCUT2D eigenvalue weighted by Gasteiger charge is -2.53. The molecule has 0 saturated heterocycles. The molecule has 15 heavy (non-hydrogen) atoms. The van der Waals surface area contributed by atoms with Gasteiger partial charge in [-0.25, -0.2) is 0 Å². The van der Waals surface area contributed by atoms with E-state index in [2.05, 4.69) is 5.32 Å². The molecule has 0 radical (unpaired) electrons. The van der Waals surface area contributed by atoms with Gasteiger partial charge in [0, 0.05) is 11.6 Å². The number of aliphatic hydroxyl groups excluding tert-OH is 1. The topological polar surface area (TPSA) is 32.3 Å². The molecule has 2 N–H and O–H groups in total. The van der Waals surface area contributed by atoms with Gasteiger partial charge >= 0.3 is 0 Å². The standard InChI is InChI=1S/C13H23NO/c15-10-13(8-9-13)14-11-4-7-12(11)5-2-1-3-6-12/h11,14-15H,1-10H2. The monoisotopic (exact) mass is 209 g/mol. The van der Waals surface area contributed by atoms with Gasteiger partial charge in [-0.05, 0) is 43.9 Å². The largest absolute Gasteiger partial charge is 0.394 e. The Labute approximate surface area is 92.4 Å². The first-order valence-electron chi connectivity index (χ1n) is 6.67. The Morgan fingerprint density at radius 3 is 2.20 bits per heavy atom. The van der Waals surface area contributed by atoms with Crippen molar-refractivity contribution < 1.29 is 5.11 Å². The zero-order valence-corrected chi connectivity index (χ0v) is 9.60. The summed E-state index contributed by atoms with van der Waals surface area (Å²) in [5, 5.41) is 13.1. The SMILES string of the molecule is OCC1(NC2CCC23CCCCC3)CC1. The maximum Gasteiger partial charge on any atom is 0.0613 e. The lowest BCUT2D eigenvalue weighted by Crippen LogP contribution is -2.58. The van der Waals surface area contributed by atoms with E-state index in [-0.39, 0.29) is 5.54 Å². The van der Waals surface area contributed by atoms with Crippen molar-refractivity contribution in [3.8, 4) is 0 Å². The number of hydrogen-bond acceptors (Lipinski definition) is 2. The van der Waals surface area contributed by atoms with Crippen molar-refractivity contribution in [1.82, 2.24) is 5.32 Å². The van der Waals surface area contributed by atoms with E-state index >= 15 is 0 Å². The van der Waals surface area contributed by atoms with E-state index in [1.54, 1.807) is 0 Å². The van der Waals surface area contributed by atoms with Crippen molar-refractivity contribution in [2.75, 3.05) is 6.61 Å². The van der Waals surface area contributed by atoms with Gasteiger partial charge in [-0.2, -0.15) is 0 Å². The molecule has 0 amide bonds. The molecule has 1 unspecified atom stereocenters. The Morgan fingerprint density at radius 2 is 1.73 bits per heavy atom. The van der Waals surface area contributed by atoms with Crippen LogP contribution in [0.5, 0.6) is 0 Å². The lowest BCUT2D eigenvalue weighted by molar-refractivity contribution is 0.00865. The molecule has 3 aliphatic rings. The van der Waals surface area contributed by atoms with Crippen molar-refractivity contribution in [2.45, 2.75) is 69.4 Å². The second-order valence-electron chi connectivity index (χ2n) is 6.10. The zero-order valence-electron chi connectivity index (χ0n) is 9.60. The van der Waals surface area contributed by atoms with E-state index in [9.17, 15) is 5.11 Å². The number of rotatable bonds is 3. The van der Waals surface area contributed by atoms with E-state index in [0.29, 0.717) is 12.0 Å². The van der Waals surface area contributed by atoms with Gasteiger partial charge < -0.3 is 10.4 Å². The van der Waals surface area contributed by atoms with Crippen molar-refractivity contribution in [2.24, 2.45) is 5.41 Å².